The Morgan fingerprint density at radius 2 is 2.00 bits per heavy atom. The number of benzene rings is 1. The van der Waals surface area contributed by atoms with Crippen LogP contribution in [0.15, 0.2) is 24.3 Å². The summed E-state index contributed by atoms with van der Waals surface area (Å²) in [4.78, 5) is 4.68. The Morgan fingerprint density at radius 1 is 1.23 bits per heavy atom. The summed E-state index contributed by atoms with van der Waals surface area (Å²) >= 11 is 0. The first-order valence-corrected chi connectivity index (χ1v) is 7.39. The van der Waals surface area contributed by atoms with Gasteiger partial charge in [0.15, 0.2) is 5.65 Å². The lowest BCUT2D eigenvalue weighted by Gasteiger charge is -2.10. The van der Waals surface area contributed by atoms with Crippen LogP contribution in [-0.2, 0) is 6.42 Å². The van der Waals surface area contributed by atoms with E-state index >= 15 is 0 Å². The van der Waals surface area contributed by atoms with E-state index in [0.29, 0.717) is 0 Å². The minimum atomic E-state index is 0.767. The van der Waals surface area contributed by atoms with Crippen molar-refractivity contribution in [3.8, 4) is 0 Å². The van der Waals surface area contributed by atoms with E-state index in [9.17, 15) is 0 Å². The molecule has 0 spiro atoms. The highest BCUT2D eigenvalue weighted by molar-refractivity contribution is 5.68. The third-order valence-electron chi connectivity index (χ3n) is 4.11. The van der Waals surface area contributed by atoms with Gasteiger partial charge in [0.1, 0.15) is 0 Å². The van der Waals surface area contributed by atoms with Gasteiger partial charge in [-0.05, 0) is 44.0 Å². The maximum Gasteiger partial charge on any atom is 0.177 e. The molecule has 3 rings (SSSR count). The van der Waals surface area contributed by atoms with E-state index < -0.39 is 0 Å². The molecule has 0 aliphatic heterocycles. The van der Waals surface area contributed by atoms with Crippen LogP contribution in [0.2, 0.25) is 0 Å². The van der Waals surface area contributed by atoms with Crippen LogP contribution in [0.1, 0.15) is 28.2 Å². The molecule has 1 aromatic carbocycles. The fourth-order valence-corrected chi connectivity index (χ4v) is 2.76. The quantitative estimate of drug-likeness (QED) is 0.729. The van der Waals surface area contributed by atoms with Crippen LogP contribution in [0.25, 0.3) is 5.65 Å². The Morgan fingerprint density at radius 3 is 2.73 bits per heavy atom. The van der Waals surface area contributed by atoms with Crippen molar-refractivity contribution in [1.29, 1.82) is 0 Å². The summed E-state index contributed by atoms with van der Waals surface area (Å²) in [6.07, 6.45) is 0.767. The molecule has 114 valence electrons. The minimum absolute atomic E-state index is 0.767. The number of aryl methyl sites for hydroxylation is 2. The van der Waals surface area contributed by atoms with Crippen molar-refractivity contribution < 1.29 is 0 Å². The van der Waals surface area contributed by atoms with Crippen molar-refractivity contribution in [2.24, 2.45) is 0 Å². The Kier molecular flexibility index (Phi) is 3.48. The second-order valence-corrected chi connectivity index (χ2v) is 5.64. The molecule has 2 heterocycles. The van der Waals surface area contributed by atoms with Crippen molar-refractivity contribution in [2.45, 2.75) is 27.2 Å². The van der Waals surface area contributed by atoms with E-state index in [4.69, 9.17) is 5.73 Å². The van der Waals surface area contributed by atoms with Gasteiger partial charge in [-0.3, -0.25) is 0 Å². The van der Waals surface area contributed by atoms with E-state index in [2.05, 4.69) is 28.4 Å². The molecule has 3 N–H and O–H groups in total. The number of imidazole rings is 1. The van der Waals surface area contributed by atoms with E-state index in [0.717, 1.165) is 46.1 Å². The molecule has 5 nitrogen and oxygen atoms in total. The van der Waals surface area contributed by atoms with Crippen LogP contribution in [-0.4, -0.2) is 21.6 Å². The zero-order chi connectivity index (χ0) is 15.9. The largest absolute Gasteiger partial charge is 0.399 e. The summed E-state index contributed by atoms with van der Waals surface area (Å²) < 4.78 is 1.94. The Labute approximate surface area is 130 Å². The van der Waals surface area contributed by atoms with E-state index in [1.165, 1.54) is 5.56 Å². The summed E-state index contributed by atoms with van der Waals surface area (Å²) in [7, 11) is 1.90. The second-order valence-electron chi connectivity index (χ2n) is 5.64. The highest BCUT2D eigenvalue weighted by Gasteiger charge is 2.15. The highest BCUT2D eigenvalue weighted by atomic mass is 15.3. The monoisotopic (exact) mass is 295 g/mol. The average Bonchev–Trinajstić information content (AvgIpc) is 2.79. The number of rotatable bonds is 3. The van der Waals surface area contributed by atoms with Gasteiger partial charge in [-0.2, -0.15) is 5.10 Å². The lowest BCUT2D eigenvalue weighted by atomic mass is 10.0. The van der Waals surface area contributed by atoms with Crippen molar-refractivity contribution in [3.63, 3.8) is 0 Å². The van der Waals surface area contributed by atoms with Gasteiger partial charge in [0.05, 0.1) is 22.8 Å². The molecule has 0 saturated heterocycles. The molecule has 22 heavy (non-hydrogen) atoms. The second kappa shape index (κ2) is 5.33. The molecule has 0 fully saturated rings. The first-order chi connectivity index (χ1) is 10.5. The molecule has 5 heteroatoms. The Balaban J connectivity index is 2.17. The van der Waals surface area contributed by atoms with Gasteiger partial charge in [0.2, 0.25) is 0 Å². The number of nitrogens with two attached hydrogens (primary N) is 1. The molecule has 0 saturated carbocycles. The van der Waals surface area contributed by atoms with Crippen molar-refractivity contribution in [3.05, 3.63) is 52.5 Å². The third kappa shape index (κ3) is 2.28. The smallest absolute Gasteiger partial charge is 0.177 e. The SMILES string of the molecule is CNc1cc(C)nn2c(Cc3cccc(N)c3C)c(C)nc12. The van der Waals surface area contributed by atoms with E-state index in [-0.39, 0.29) is 0 Å². The van der Waals surface area contributed by atoms with Crippen LogP contribution < -0.4 is 11.1 Å². The summed E-state index contributed by atoms with van der Waals surface area (Å²) in [5.74, 6) is 0. The van der Waals surface area contributed by atoms with Gasteiger partial charge in [-0.15, -0.1) is 0 Å². The third-order valence-corrected chi connectivity index (χ3v) is 4.11. The number of nitrogens with one attached hydrogen (secondary N) is 1. The highest BCUT2D eigenvalue weighted by Crippen LogP contribution is 2.24. The summed E-state index contributed by atoms with van der Waals surface area (Å²) in [6, 6.07) is 8.05. The molecule has 0 aliphatic rings. The topological polar surface area (TPSA) is 68.2 Å². The molecule has 0 aliphatic carbocycles. The summed E-state index contributed by atoms with van der Waals surface area (Å²) in [5.41, 5.74) is 14.1. The van der Waals surface area contributed by atoms with Crippen molar-refractivity contribution in [1.82, 2.24) is 14.6 Å². The van der Waals surface area contributed by atoms with Crippen LogP contribution in [0.5, 0.6) is 0 Å². The molecular weight excluding hydrogens is 274 g/mol. The molecule has 0 amide bonds. The fraction of sp³-hybridized carbons (Fsp3) is 0.294. The van der Waals surface area contributed by atoms with Crippen LogP contribution in [0.4, 0.5) is 11.4 Å². The first kappa shape index (κ1) is 14.4. The van der Waals surface area contributed by atoms with Gasteiger partial charge in [-0.1, -0.05) is 12.1 Å². The number of nitrogen functional groups attached to an aromatic ring is 1. The lowest BCUT2D eigenvalue weighted by Crippen LogP contribution is -2.05. The van der Waals surface area contributed by atoms with Gasteiger partial charge < -0.3 is 11.1 Å². The van der Waals surface area contributed by atoms with E-state index in [1.807, 2.05) is 43.6 Å². The number of hydrogen-bond acceptors (Lipinski definition) is 4. The van der Waals surface area contributed by atoms with Crippen LogP contribution in [0.3, 0.4) is 0 Å². The van der Waals surface area contributed by atoms with Crippen molar-refractivity contribution in [2.75, 3.05) is 18.1 Å². The maximum absolute atomic E-state index is 6.02. The molecular formula is C17H21N5. The predicted octanol–water partition coefficient (Wildman–Crippen LogP) is 2.87. The zero-order valence-corrected chi connectivity index (χ0v) is 13.4. The summed E-state index contributed by atoms with van der Waals surface area (Å²) in [6.45, 7) is 6.08. The average molecular weight is 295 g/mol. The molecule has 0 atom stereocenters. The maximum atomic E-state index is 6.02. The number of fused-ring (bicyclic) bond motifs is 1. The number of hydrogen-bond donors (Lipinski definition) is 2. The standard InChI is InChI=1S/C17H21N5/c1-10-8-15(19-4)17-20-12(3)16(22(17)21-10)9-13-6-5-7-14(18)11(13)2/h5-8,19H,9,18H2,1-4H3. The Hall–Kier alpha value is -2.56. The fourth-order valence-electron chi connectivity index (χ4n) is 2.76. The number of anilines is 2. The van der Waals surface area contributed by atoms with Crippen LogP contribution >= 0.6 is 0 Å². The molecule has 0 radical (unpaired) electrons. The summed E-state index contributed by atoms with van der Waals surface area (Å²) in [5, 5.41) is 7.83. The Bertz CT molecular complexity index is 848. The molecule has 3 aromatic rings. The zero-order valence-electron chi connectivity index (χ0n) is 13.4. The van der Waals surface area contributed by atoms with Gasteiger partial charge in [-0.25, -0.2) is 9.50 Å². The predicted molar refractivity (Wildman–Crippen MR) is 90.4 cm³/mol. The lowest BCUT2D eigenvalue weighted by molar-refractivity contribution is 0.842. The van der Waals surface area contributed by atoms with Gasteiger partial charge >= 0.3 is 0 Å². The first-order valence-electron chi connectivity index (χ1n) is 7.39. The molecule has 2 aromatic heterocycles. The molecule has 0 bridgehead atoms. The number of nitrogens with zero attached hydrogens (tertiary/aromatic N) is 3. The minimum Gasteiger partial charge on any atom is -0.399 e. The molecule has 0 unspecified atom stereocenters. The van der Waals surface area contributed by atoms with Gasteiger partial charge in [0.25, 0.3) is 0 Å². The normalized spacial score (nSPS) is 11.1. The van der Waals surface area contributed by atoms with Crippen molar-refractivity contribution >= 4 is 17.0 Å². The van der Waals surface area contributed by atoms with E-state index in [1.54, 1.807) is 0 Å². The van der Waals surface area contributed by atoms with Crippen LogP contribution in [0, 0.1) is 20.8 Å². The van der Waals surface area contributed by atoms with Gasteiger partial charge in [0, 0.05) is 19.2 Å². The number of aromatic nitrogens is 3.